The first-order valence-corrected chi connectivity index (χ1v) is 19.2. The Morgan fingerprint density at radius 1 is 0.887 bits per heavy atom. The molecule has 5 nitrogen and oxygen atoms in total. The van der Waals surface area contributed by atoms with Crippen molar-refractivity contribution in [3.63, 3.8) is 0 Å². The van der Waals surface area contributed by atoms with Gasteiger partial charge in [0.2, 0.25) is 0 Å². The van der Waals surface area contributed by atoms with Crippen molar-refractivity contribution in [2.24, 2.45) is 5.92 Å². The monoisotopic (exact) mass is 885 g/mol. The van der Waals surface area contributed by atoms with Crippen molar-refractivity contribution in [2.75, 3.05) is 0 Å². The van der Waals surface area contributed by atoms with Gasteiger partial charge in [0.1, 0.15) is 5.82 Å². The molecule has 7 rings (SSSR count). The molecule has 0 fully saturated rings. The number of nitrogens with zero attached hydrogens (tertiary/aromatic N) is 4. The maximum atomic E-state index is 6.77. The van der Waals surface area contributed by atoms with Crippen molar-refractivity contribution in [1.29, 1.82) is 0 Å². The van der Waals surface area contributed by atoms with Crippen LogP contribution in [0.1, 0.15) is 122 Å². The third-order valence-corrected chi connectivity index (χ3v) is 10.8. The number of allylic oxidation sites excluding steroid dienone is 2. The minimum atomic E-state index is -0.144. The zero-order valence-corrected chi connectivity index (χ0v) is 35.4. The van der Waals surface area contributed by atoms with Crippen LogP contribution in [0.2, 0.25) is 0 Å². The van der Waals surface area contributed by atoms with E-state index in [9.17, 15) is 0 Å². The molecular weight excluding hydrogens is 832 g/mol. The second kappa shape index (κ2) is 15.1. The van der Waals surface area contributed by atoms with Crippen molar-refractivity contribution in [2.45, 2.75) is 118 Å². The third kappa shape index (κ3) is 7.57. The fraction of sp³-hybridized carbons (Fsp3) is 0.404. The predicted molar refractivity (Wildman–Crippen MR) is 216 cm³/mol. The van der Waals surface area contributed by atoms with Gasteiger partial charge in [-0.25, -0.2) is 4.98 Å². The molecule has 2 atom stereocenters. The molecule has 6 aromatic rings. The number of hydrogen-bond acceptors (Lipinski definition) is 3. The largest absolute Gasteiger partial charge is 2.00 e. The van der Waals surface area contributed by atoms with Gasteiger partial charge in [-0.05, 0) is 85.7 Å². The Labute approximate surface area is 331 Å². The Bertz CT molecular complexity index is 2290. The molecule has 278 valence electrons. The molecule has 0 saturated heterocycles. The molecule has 0 spiro atoms. The first-order chi connectivity index (χ1) is 24.7. The summed E-state index contributed by atoms with van der Waals surface area (Å²) in [7, 11) is 0. The molecule has 0 radical (unpaired) electrons. The van der Waals surface area contributed by atoms with Gasteiger partial charge in [0.05, 0.1) is 11.4 Å². The van der Waals surface area contributed by atoms with E-state index in [-0.39, 0.29) is 31.9 Å². The Kier molecular flexibility index (Phi) is 11.0. The van der Waals surface area contributed by atoms with Crippen LogP contribution in [-0.2, 0) is 38.3 Å². The average molecular weight is 886 g/mol. The molecule has 1 aliphatic rings. The summed E-state index contributed by atoms with van der Waals surface area (Å²) in [5.74, 6) is 3.09. The second-order valence-electron chi connectivity index (χ2n) is 17.0. The summed E-state index contributed by atoms with van der Waals surface area (Å²) in [5.41, 5.74) is 10.3. The fourth-order valence-electron chi connectivity index (χ4n) is 8.18. The van der Waals surface area contributed by atoms with Gasteiger partial charge < -0.3 is 9.30 Å². The zero-order valence-electron chi connectivity index (χ0n) is 33.1. The number of aryl methyl sites for hydroxylation is 2. The molecule has 3 aromatic heterocycles. The van der Waals surface area contributed by atoms with E-state index in [1.165, 1.54) is 34.2 Å². The average Bonchev–Trinajstić information content (AvgIpc) is 3.61. The summed E-state index contributed by atoms with van der Waals surface area (Å²) in [6, 6.07) is 28.7. The van der Waals surface area contributed by atoms with Gasteiger partial charge in [0.25, 0.3) is 0 Å². The van der Waals surface area contributed by atoms with Crippen LogP contribution in [0.25, 0.3) is 33.3 Å². The van der Waals surface area contributed by atoms with Crippen molar-refractivity contribution >= 4 is 21.8 Å². The van der Waals surface area contributed by atoms with E-state index in [1.54, 1.807) is 0 Å². The molecule has 0 N–H and O–H groups in total. The van der Waals surface area contributed by atoms with Crippen molar-refractivity contribution < 1.29 is 25.8 Å². The van der Waals surface area contributed by atoms with Gasteiger partial charge in [-0.3, -0.25) is 4.68 Å². The van der Waals surface area contributed by atoms with Gasteiger partial charge in [0.15, 0.2) is 0 Å². The molecule has 1 aliphatic carbocycles. The van der Waals surface area contributed by atoms with Crippen LogP contribution in [0.3, 0.4) is 0 Å². The molecule has 1 unspecified atom stereocenters. The Hall–Kier alpha value is -3.95. The normalized spacial score (nSPS) is 16.5. The number of aromatic nitrogens is 4. The number of ether oxygens (including phenoxy) is 1. The summed E-state index contributed by atoms with van der Waals surface area (Å²) in [4.78, 5) is 4.85. The van der Waals surface area contributed by atoms with E-state index < -0.39 is 0 Å². The van der Waals surface area contributed by atoms with E-state index in [1.807, 2.05) is 12.3 Å². The van der Waals surface area contributed by atoms with Gasteiger partial charge in [-0.15, -0.1) is 41.3 Å². The number of unbranched alkanes of at least 4 members (excludes halogenated alkanes) is 1. The Morgan fingerprint density at radius 3 is 2.38 bits per heavy atom. The van der Waals surface area contributed by atoms with E-state index in [0.29, 0.717) is 23.3 Å². The molecule has 0 bridgehead atoms. The first kappa shape index (κ1) is 38.8. The second-order valence-corrected chi connectivity index (χ2v) is 17.0. The molecule has 53 heavy (non-hydrogen) atoms. The zero-order chi connectivity index (χ0) is 36.9. The first-order valence-electron chi connectivity index (χ1n) is 19.2. The van der Waals surface area contributed by atoms with Crippen LogP contribution in [0.4, 0.5) is 0 Å². The summed E-state index contributed by atoms with van der Waals surface area (Å²) < 4.78 is 11.1. The van der Waals surface area contributed by atoms with Crippen LogP contribution in [0, 0.1) is 25.0 Å². The number of hydrogen-bond donors (Lipinski definition) is 0. The minimum absolute atomic E-state index is 0. The van der Waals surface area contributed by atoms with E-state index in [0.717, 1.165) is 64.9 Å². The Balaban J connectivity index is 0.00000481. The van der Waals surface area contributed by atoms with Gasteiger partial charge in [0, 0.05) is 40.1 Å². The van der Waals surface area contributed by atoms with E-state index >= 15 is 0 Å². The number of rotatable bonds is 8. The molecule has 0 aliphatic heterocycles. The molecule has 3 aromatic carbocycles. The van der Waals surface area contributed by atoms with Crippen LogP contribution in [-0.4, -0.2) is 19.3 Å². The van der Waals surface area contributed by atoms with Crippen LogP contribution >= 0.6 is 0 Å². The number of pyridine rings is 1. The summed E-state index contributed by atoms with van der Waals surface area (Å²) in [6.07, 6.45) is 10.0. The SMILES string of the molecule is CCCCc1ccnc(-n2c3[c-]c(Oc4[c-]c(-n5nc(C)c(C6C(C)=CCC[C@@H]6C)c5C(C)(C)C)cc(C(C)(C)C)c4)ccc3c3ccccc32)c1.[Pt+2]. The summed E-state index contributed by atoms with van der Waals surface area (Å²) in [5, 5.41) is 7.57. The van der Waals surface area contributed by atoms with Crippen molar-refractivity contribution in [1.82, 2.24) is 19.3 Å². The molecular formula is C47H54N4OPt. The van der Waals surface area contributed by atoms with E-state index in [2.05, 4.69) is 151 Å². The number of fused-ring (bicyclic) bond motifs is 3. The van der Waals surface area contributed by atoms with Gasteiger partial charge in [-0.1, -0.05) is 97.2 Å². The third-order valence-electron chi connectivity index (χ3n) is 10.8. The fourth-order valence-corrected chi connectivity index (χ4v) is 8.18. The summed E-state index contributed by atoms with van der Waals surface area (Å²) in [6.45, 7) is 22.8. The summed E-state index contributed by atoms with van der Waals surface area (Å²) >= 11 is 0. The minimum Gasteiger partial charge on any atom is -0.509 e. The van der Waals surface area contributed by atoms with Crippen LogP contribution in [0.15, 0.2) is 78.5 Å². The van der Waals surface area contributed by atoms with Crippen LogP contribution < -0.4 is 4.74 Å². The topological polar surface area (TPSA) is 44.9 Å². The number of para-hydroxylation sites is 1. The molecule has 6 heteroatoms. The number of benzene rings is 3. The van der Waals surface area contributed by atoms with Crippen molar-refractivity contribution in [3.05, 3.63) is 119 Å². The van der Waals surface area contributed by atoms with E-state index in [4.69, 9.17) is 14.8 Å². The maximum absolute atomic E-state index is 6.77. The van der Waals surface area contributed by atoms with Crippen molar-refractivity contribution in [3.8, 4) is 23.0 Å². The maximum Gasteiger partial charge on any atom is 2.00 e. The Morgan fingerprint density at radius 2 is 1.66 bits per heavy atom. The standard InChI is InChI=1S/C47H54N4O.Pt/c1-11-12-18-33-23-24-48-42(25-33)50-40-20-14-13-19-38(40)39-22-21-36(29-41(39)50)52-37-27-34(46(5,6)7)26-35(28-37)51-45(47(8,9)10)44(32(4)49-51)43-30(2)16-15-17-31(43)3;/h13-14,16,19-27,31,43H,11-12,15,17-18H2,1-10H3;/q-2;+2/t31-,43?;/m0./s1. The quantitative estimate of drug-likeness (QED) is 0.113. The van der Waals surface area contributed by atoms with Gasteiger partial charge >= 0.3 is 21.1 Å². The van der Waals surface area contributed by atoms with Gasteiger partial charge in [-0.2, -0.15) is 11.2 Å². The molecule has 0 amide bonds. The van der Waals surface area contributed by atoms with Crippen LogP contribution in [0.5, 0.6) is 11.5 Å². The molecule has 3 heterocycles. The molecule has 0 saturated carbocycles. The predicted octanol–water partition coefficient (Wildman–Crippen LogP) is 12.5. The smallest absolute Gasteiger partial charge is 0.509 e.